The van der Waals surface area contributed by atoms with Crippen LogP contribution >= 0.6 is 23.4 Å². The van der Waals surface area contributed by atoms with Gasteiger partial charge in [0.1, 0.15) is 11.9 Å². The lowest BCUT2D eigenvalue weighted by atomic mass is 10.1. The van der Waals surface area contributed by atoms with Crippen molar-refractivity contribution in [3.63, 3.8) is 0 Å². The molecule has 2 aliphatic heterocycles. The molecule has 2 aliphatic rings. The molecule has 1 aromatic carbocycles. The van der Waals surface area contributed by atoms with Gasteiger partial charge in [-0.1, -0.05) is 23.4 Å². The fourth-order valence-corrected chi connectivity index (χ4v) is 4.34. The van der Waals surface area contributed by atoms with Gasteiger partial charge in [-0.3, -0.25) is 9.59 Å². The maximum Gasteiger partial charge on any atom is 0.306 e. The van der Waals surface area contributed by atoms with E-state index in [1.165, 1.54) is 7.11 Å². The average molecular weight is 397 g/mol. The van der Waals surface area contributed by atoms with Crippen LogP contribution in [0.2, 0.25) is 5.02 Å². The molecular weight excluding hydrogens is 376 g/mol. The molecule has 8 heteroatoms. The molecule has 2 heterocycles. The third-order valence-electron chi connectivity index (χ3n) is 4.19. The monoisotopic (exact) mass is 396 g/mol. The van der Waals surface area contributed by atoms with Crippen molar-refractivity contribution in [3.8, 4) is 5.75 Å². The van der Waals surface area contributed by atoms with Gasteiger partial charge in [-0.05, 0) is 38.5 Å². The Kier molecular flexibility index (Phi) is 5.48. The number of hydrogen-bond donors (Lipinski definition) is 0. The van der Waals surface area contributed by atoms with Crippen LogP contribution in [0.5, 0.6) is 5.75 Å². The Bertz CT molecular complexity index is 766. The van der Waals surface area contributed by atoms with Crippen LogP contribution in [0.15, 0.2) is 23.2 Å². The second-order valence-electron chi connectivity index (χ2n) is 6.94. The van der Waals surface area contributed by atoms with Gasteiger partial charge >= 0.3 is 5.97 Å². The SMILES string of the molecule is COc1ccc(Cl)cc1C(=O)/N=C1\SC(C)(C)CN1C[C@H]1CCC(=O)O1. The summed E-state index contributed by atoms with van der Waals surface area (Å²) in [5, 5.41) is 1.08. The quantitative estimate of drug-likeness (QED) is 0.727. The second kappa shape index (κ2) is 7.48. The van der Waals surface area contributed by atoms with Crippen LogP contribution in [-0.4, -0.2) is 53.0 Å². The Morgan fingerprint density at radius 1 is 1.50 bits per heavy atom. The van der Waals surface area contributed by atoms with E-state index in [4.69, 9.17) is 21.1 Å². The molecule has 26 heavy (non-hydrogen) atoms. The lowest BCUT2D eigenvalue weighted by Gasteiger charge is -2.22. The van der Waals surface area contributed by atoms with Crippen LogP contribution in [0.25, 0.3) is 0 Å². The first-order valence-corrected chi connectivity index (χ1v) is 9.57. The number of ether oxygens (including phenoxy) is 2. The maximum absolute atomic E-state index is 12.7. The number of thioether (sulfide) groups is 1. The summed E-state index contributed by atoms with van der Waals surface area (Å²) in [6.45, 7) is 5.46. The number of esters is 1. The Hall–Kier alpha value is -1.73. The van der Waals surface area contributed by atoms with Crippen molar-refractivity contribution in [2.24, 2.45) is 4.99 Å². The van der Waals surface area contributed by atoms with Crippen molar-refractivity contribution in [2.45, 2.75) is 37.5 Å². The van der Waals surface area contributed by atoms with Gasteiger partial charge in [0.2, 0.25) is 0 Å². The van der Waals surface area contributed by atoms with E-state index in [-0.39, 0.29) is 16.8 Å². The predicted octanol–water partition coefficient (Wildman–Crippen LogP) is 3.38. The average Bonchev–Trinajstić information content (AvgIpc) is 3.09. The number of nitrogens with zero attached hydrogens (tertiary/aromatic N) is 2. The number of aliphatic imine (C=N–C) groups is 1. The highest BCUT2D eigenvalue weighted by Crippen LogP contribution is 2.37. The molecule has 6 nitrogen and oxygen atoms in total. The number of carbonyl (C=O) groups is 2. The van der Waals surface area contributed by atoms with Crippen molar-refractivity contribution in [1.82, 2.24) is 4.90 Å². The summed E-state index contributed by atoms with van der Waals surface area (Å²) in [5.74, 6) is -0.139. The third kappa shape index (κ3) is 4.32. The number of methoxy groups -OCH3 is 1. The molecule has 0 spiro atoms. The first-order chi connectivity index (χ1) is 12.3. The molecule has 2 saturated heterocycles. The zero-order chi connectivity index (χ0) is 18.9. The van der Waals surface area contributed by atoms with Crippen LogP contribution in [-0.2, 0) is 9.53 Å². The molecule has 140 valence electrons. The second-order valence-corrected chi connectivity index (χ2v) is 9.05. The van der Waals surface area contributed by atoms with Crippen molar-refractivity contribution >= 4 is 40.4 Å². The number of benzene rings is 1. The molecule has 0 aromatic heterocycles. The topological polar surface area (TPSA) is 68.2 Å². The molecule has 0 radical (unpaired) electrons. The van der Waals surface area contributed by atoms with Gasteiger partial charge in [0.05, 0.1) is 19.2 Å². The summed E-state index contributed by atoms with van der Waals surface area (Å²) >= 11 is 7.56. The van der Waals surface area contributed by atoms with E-state index in [0.717, 1.165) is 6.54 Å². The number of halogens is 1. The van der Waals surface area contributed by atoms with Gasteiger partial charge in [0, 0.05) is 22.7 Å². The molecule has 1 atom stereocenters. The fourth-order valence-electron chi connectivity index (χ4n) is 3.06. The Labute approximate surface area is 161 Å². The molecular formula is C18H21ClN2O4S. The molecule has 0 aliphatic carbocycles. The number of amidine groups is 1. The van der Waals surface area contributed by atoms with Crippen LogP contribution in [0.4, 0.5) is 0 Å². The summed E-state index contributed by atoms with van der Waals surface area (Å²) in [6, 6.07) is 4.87. The van der Waals surface area contributed by atoms with Crippen molar-refractivity contribution in [1.29, 1.82) is 0 Å². The van der Waals surface area contributed by atoms with Crippen LogP contribution < -0.4 is 4.74 Å². The van der Waals surface area contributed by atoms with Crippen LogP contribution in [0.3, 0.4) is 0 Å². The lowest BCUT2D eigenvalue weighted by Crippen LogP contribution is -2.35. The van der Waals surface area contributed by atoms with Crippen molar-refractivity contribution < 1.29 is 19.1 Å². The van der Waals surface area contributed by atoms with E-state index < -0.39 is 5.91 Å². The van der Waals surface area contributed by atoms with Gasteiger partial charge < -0.3 is 14.4 Å². The van der Waals surface area contributed by atoms with Gasteiger partial charge in [0.15, 0.2) is 5.17 Å². The van der Waals surface area contributed by atoms with Gasteiger partial charge in [-0.15, -0.1) is 0 Å². The Balaban J connectivity index is 1.83. The van der Waals surface area contributed by atoms with E-state index in [1.54, 1.807) is 30.0 Å². The first-order valence-electron chi connectivity index (χ1n) is 8.37. The number of cyclic esters (lactones) is 1. The van der Waals surface area contributed by atoms with Crippen molar-refractivity contribution in [2.75, 3.05) is 20.2 Å². The Morgan fingerprint density at radius 3 is 2.92 bits per heavy atom. The van der Waals surface area contributed by atoms with E-state index in [0.29, 0.717) is 40.9 Å². The molecule has 0 saturated carbocycles. The molecule has 3 rings (SSSR count). The molecule has 0 N–H and O–H groups in total. The highest BCUT2D eigenvalue weighted by Gasteiger charge is 2.38. The smallest absolute Gasteiger partial charge is 0.306 e. The largest absolute Gasteiger partial charge is 0.496 e. The number of hydrogen-bond acceptors (Lipinski definition) is 5. The van der Waals surface area contributed by atoms with E-state index in [9.17, 15) is 9.59 Å². The molecule has 1 amide bonds. The summed E-state index contributed by atoms with van der Waals surface area (Å²) < 4.78 is 10.5. The zero-order valence-electron chi connectivity index (χ0n) is 15.0. The summed E-state index contributed by atoms with van der Waals surface area (Å²) in [7, 11) is 1.50. The van der Waals surface area contributed by atoms with E-state index in [1.807, 2.05) is 4.90 Å². The van der Waals surface area contributed by atoms with Crippen LogP contribution in [0.1, 0.15) is 37.0 Å². The van der Waals surface area contributed by atoms with Gasteiger partial charge in [0.25, 0.3) is 5.91 Å². The molecule has 0 bridgehead atoms. The van der Waals surface area contributed by atoms with E-state index >= 15 is 0 Å². The predicted molar refractivity (Wildman–Crippen MR) is 102 cm³/mol. The fraction of sp³-hybridized carbons (Fsp3) is 0.500. The lowest BCUT2D eigenvalue weighted by molar-refractivity contribution is -0.141. The molecule has 0 unspecified atom stereocenters. The molecule has 2 fully saturated rings. The number of carbonyl (C=O) groups excluding carboxylic acids is 2. The highest BCUT2D eigenvalue weighted by molar-refractivity contribution is 8.15. The Morgan fingerprint density at radius 2 is 2.27 bits per heavy atom. The van der Waals surface area contributed by atoms with Gasteiger partial charge in [-0.25, -0.2) is 0 Å². The first kappa shape index (κ1) is 19.0. The molecule has 1 aromatic rings. The standard InChI is InChI=1S/C18H21ClN2O4S/c1-18(2)10-21(9-12-5-7-15(22)25-12)17(26-18)20-16(23)13-8-11(19)4-6-14(13)24-3/h4,6,8,12H,5,7,9-10H2,1-3H3/b20-17-/t12-/m1/s1. The van der Waals surface area contributed by atoms with Crippen molar-refractivity contribution in [3.05, 3.63) is 28.8 Å². The summed E-state index contributed by atoms with van der Waals surface area (Å²) in [6.07, 6.45) is 0.988. The van der Waals surface area contributed by atoms with Crippen LogP contribution in [0, 0.1) is 0 Å². The maximum atomic E-state index is 12.7. The zero-order valence-corrected chi connectivity index (χ0v) is 16.5. The highest BCUT2D eigenvalue weighted by atomic mass is 35.5. The normalized spacial score (nSPS) is 23.4. The minimum atomic E-state index is -0.405. The number of amides is 1. The van der Waals surface area contributed by atoms with Gasteiger partial charge in [-0.2, -0.15) is 4.99 Å². The summed E-state index contributed by atoms with van der Waals surface area (Å²) in [5.41, 5.74) is 0.324. The minimum Gasteiger partial charge on any atom is -0.496 e. The summed E-state index contributed by atoms with van der Waals surface area (Å²) in [4.78, 5) is 30.4. The minimum absolute atomic E-state index is 0.0832. The number of rotatable bonds is 4. The third-order valence-corrected chi connectivity index (χ3v) is 5.64. The van der Waals surface area contributed by atoms with E-state index in [2.05, 4.69) is 18.8 Å².